The summed E-state index contributed by atoms with van der Waals surface area (Å²) in [5, 5.41) is -0.535. The van der Waals surface area contributed by atoms with Gasteiger partial charge in [-0.3, -0.25) is 0 Å². The third-order valence-corrected chi connectivity index (χ3v) is 5.53. The van der Waals surface area contributed by atoms with Crippen LogP contribution in [0.1, 0.15) is 18.9 Å². The number of rotatable bonds is 7. The maximum Gasteiger partial charge on any atom is 0.218 e. The van der Waals surface area contributed by atoms with Crippen molar-refractivity contribution in [2.75, 3.05) is 20.7 Å². The normalized spacial score (nSPS) is 13.5. The predicted octanol–water partition coefficient (Wildman–Crippen LogP) is 1.19. The second kappa shape index (κ2) is 6.88. The molecule has 0 aliphatic carbocycles. The van der Waals surface area contributed by atoms with Gasteiger partial charge in [-0.25, -0.2) is 12.7 Å². The second-order valence-electron chi connectivity index (χ2n) is 4.38. The minimum Gasteiger partial charge on any atom is -0.496 e. The van der Waals surface area contributed by atoms with Crippen LogP contribution in [0.25, 0.3) is 0 Å². The Morgan fingerprint density at radius 3 is 2.53 bits per heavy atom. The van der Waals surface area contributed by atoms with E-state index in [9.17, 15) is 8.42 Å². The highest BCUT2D eigenvalue weighted by Crippen LogP contribution is 2.21. The van der Waals surface area contributed by atoms with Crippen LogP contribution >= 0.6 is 0 Å². The van der Waals surface area contributed by atoms with Crippen molar-refractivity contribution in [2.24, 2.45) is 5.73 Å². The molecule has 0 heterocycles. The third-order valence-electron chi connectivity index (χ3n) is 3.16. The summed E-state index contributed by atoms with van der Waals surface area (Å²) < 4.78 is 31.2. The van der Waals surface area contributed by atoms with Gasteiger partial charge >= 0.3 is 0 Å². The molecule has 1 rings (SSSR count). The van der Waals surface area contributed by atoms with E-state index in [0.29, 0.717) is 12.2 Å². The van der Waals surface area contributed by atoms with Gasteiger partial charge in [0.1, 0.15) is 5.75 Å². The van der Waals surface area contributed by atoms with E-state index in [-0.39, 0.29) is 13.1 Å². The molecule has 0 spiro atoms. The van der Waals surface area contributed by atoms with E-state index in [1.807, 2.05) is 31.2 Å². The Hall–Kier alpha value is -1.11. The van der Waals surface area contributed by atoms with Crippen LogP contribution < -0.4 is 10.5 Å². The van der Waals surface area contributed by atoms with Crippen molar-refractivity contribution in [1.82, 2.24) is 4.31 Å². The number of para-hydroxylation sites is 1. The average Bonchev–Trinajstić information content (AvgIpc) is 2.40. The van der Waals surface area contributed by atoms with Gasteiger partial charge in [-0.2, -0.15) is 0 Å². The first-order valence-corrected chi connectivity index (χ1v) is 7.74. The highest BCUT2D eigenvalue weighted by molar-refractivity contribution is 7.89. The van der Waals surface area contributed by atoms with E-state index in [0.717, 1.165) is 5.56 Å². The maximum atomic E-state index is 12.3. The van der Waals surface area contributed by atoms with Crippen LogP contribution in [0, 0.1) is 0 Å². The van der Waals surface area contributed by atoms with Crippen molar-refractivity contribution in [3.63, 3.8) is 0 Å². The Labute approximate surface area is 115 Å². The number of methoxy groups -OCH3 is 1. The molecule has 0 aliphatic rings. The summed E-state index contributed by atoms with van der Waals surface area (Å²) in [7, 11) is -0.231. The number of sulfonamides is 1. The van der Waals surface area contributed by atoms with Crippen LogP contribution in [0.15, 0.2) is 24.3 Å². The topological polar surface area (TPSA) is 72.6 Å². The number of benzene rings is 1. The van der Waals surface area contributed by atoms with E-state index < -0.39 is 15.3 Å². The summed E-state index contributed by atoms with van der Waals surface area (Å²) in [6.07, 6.45) is 0.509. The molecule has 1 atom stereocenters. The zero-order valence-corrected chi connectivity index (χ0v) is 12.5. The molecule has 108 valence electrons. The van der Waals surface area contributed by atoms with Gasteiger partial charge in [-0.15, -0.1) is 0 Å². The molecule has 0 saturated carbocycles. The second-order valence-corrected chi connectivity index (χ2v) is 6.70. The highest BCUT2D eigenvalue weighted by atomic mass is 32.2. The van der Waals surface area contributed by atoms with Crippen molar-refractivity contribution in [3.05, 3.63) is 29.8 Å². The summed E-state index contributed by atoms with van der Waals surface area (Å²) in [6, 6.07) is 7.38. The summed E-state index contributed by atoms with van der Waals surface area (Å²) in [5.41, 5.74) is 6.36. The molecule has 0 saturated heterocycles. The fourth-order valence-electron chi connectivity index (χ4n) is 1.92. The average molecular weight is 286 g/mol. The molecule has 0 aliphatic heterocycles. The summed E-state index contributed by atoms with van der Waals surface area (Å²) in [5.74, 6) is 0.686. The molecule has 2 N–H and O–H groups in total. The van der Waals surface area contributed by atoms with Gasteiger partial charge < -0.3 is 10.5 Å². The largest absolute Gasteiger partial charge is 0.496 e. The molecular weight excluding hydrogens is 264 g/mol. The molecule has 1 unspecified atom stereocenters. The summed E-state index contributed by atoms with van der Waals surface area (Å²) in [4.78, 5) is 0. The molecule has 1 aromatic carbocycles. The fraction of sp³-hybridized carbons (Fsp3) is 0.538. The van der Waals surface area contributed by atoms with E-state index in [4.69, 9.17) is 10.5 Å². The monoisotopic (exact) mass is 286 g/mol. The quantitative estimate of drug-likeness (QED) is 0.817. The van der Waals surface area contributed by atoms with Gasteiger partial charge in [-0.1, -0.05) is 25.1 Å². The Morgan fingerprint density at radius 2 is 2.00 bits per heavy atom. The number of hydrogen-bond donors (Lipinski definition) is 1. The Morgan fingerprint density at radius 1 is 1.37 bits per heavy atom. The molecule has 5 nitrogen and oxygen atoms in total. The van der Waals surface area contributed by atoms with Crippen molar-refractivity contribution < 1.29 is 13.2 Å². The molecule has 0 bridgehead atoms. The van der Waals surface area contributed by atoms with Gasteiger partial charge in [0.05, 0.1) is 12.4 Å². The maximum absolute atomic E-state index is 12.3. The first-order valence-electron chi connectivity index (χ1n) is 6.24. The van der Waals surface area contributed by atoms with E-state index in [1.165, 1.54) is 4.31 Å². The number of nitrogens with zero attached hydrogens (tertiary/aromatic N) is 1. The first-order chi connectivity index (χ1) is 8.97. The molecule has 0 aromatic heterocycles. The van der Waals surface area contributed by atoms with E-state index in [1.54, 1.807) is 14.2 Å². The van der Waals surface area contributed by atoms with Crippen molar-refractivity contribution in [2.45, 2.75) is 25.1 Å². The Balaban J connectivity index is 2.93. The number of ether oxygens (including phenoxy) is 1. The number of hydrogen-bond acceptors (Lipinski definition) is 4. The Bertz CT molecular complexity index is 498. The van der Waals surface area contributed by atoms with Crippen LogP contribution in [-0.2, 0) is 16.6 Å². The molecule has 1 aromatic rings. The van der Waals surface area contributed by atoms with Gasteiger partial charge in [-0.05, 0) is 12.5 Å². The standard InChI is InChI=1S/C13H22N2O3S/c1-4-12(9-14)19(16,17)15(2)10-11-7-5-6-8-13(11)18-3/h5-8,12H,4,9-10,14H2,1-3H3. The zero-order chi connectivity index (χ0) is 14.5. The highest BCUT2D eigenvalue weighted by Gasteiger charge is 2.27. The minimum absolute atomic E-state index is 0.134. The van der Waals surface area contributed by atoms with Crippen LogP contribution in [0.4, 0.5) is 0 Å². The lowest BCUT2D eigenvalue weighted by Gasteiger charge is -2.23. The number of nitrogens with two attached hydrogens (primary N) is 1. The molecule has 0 fully saturated rings. The predicted molar refractivity (Wildman–Crippen MR) is 76.5 cm³/mol. The van der Waals surface area contributed by atoms with Crippen LogP contribution in [0.5, 0.6) is 5.75 Å². The lowest BCUT2D eigenvalue weighted by molar-refractivity contribution is 0.396. The first kappa shape index (κ1) is 15.9. The van der Waals surface area contributed by atoms with Gasteiger partial charge in [0.15, 0.2) is 0 Å². The summed E-state index contributed by atoms with van der Waals surface area (Å²) in [6.45, 7) is 2.24. The van der Waals surface area contributed by atoms with Gasteiger partial charge in [0, 0.05) is 25.7 Å². The van der Waals surface area contributed by atoms with E-state index in [2.05, 4.69) is 0 Å². The molecular formula is C13H22N2O3S. The molecule has 0 amide bonds. The van der Waals surface area contributed by atoms with Crippen LogP contribution in [-0.4, -0.2) is 38.7 Å². The smallest absolute Gasteiger partial charge is 0.218 e. The van der Waals surface area contributed by atoms with Crippen molar-refractivity contribution in [1.29, 1.82) is 0 Å². The van der Waals surface area contributed by atoms with Crippen LogP contribution in [0.2, 0.25) is 0 Å². The van der Waals surface area contributed by atoms with Gasteiger partial charge in [0.25, 0.3) is 0 Å². The summed E-state index contributed by atoms with van der Waals surface area (Å²) >= 11 is 0. The van der Waals surface area contributed by atoms with Crippen LogP contribution in [0.3, 0.4) is 0 Å². The third kappa shape index (κ3) is 3.68. The van der Waals surface area contributed by atoms with Crippen molar-refractivity contribution >= 4 is 10.0 Å². The minimum atomic E-state index is -3.37. The zero-order valence-electron chi connectivity index (χ0n) is 11.7. The Kier molecular flexibility index (Phi) is 5.78. The molecule has 19 heavy (non-hydrogen) atoms. The SMILES string of the molecule is CCC(CN)S(=O)(=O)N(C)Cc1ccccc1OC. The fourth-order valence-corrected chi connectivity index (χ4v) is 3.41. The van der Waals surface area contributed by atoms with E-state index >= 15 is 0 Å². The van der Waals surface area contributed by atoms with Gasteiger partial charge in [0.2, 0.25) is 10.0 Å². The lowest BCUT2D eigenvalue weighted by Crippen LogP contribution is -2.39. The molecule has 6 heteroatoms. The lowest BCUT2D eigenvalue weighted by atomic mass is 10.2. The van der Waals surface area contributed by atoms with Crippen molar-refractivity contribution in [3.8, 4) is 5.75 Å². The molecule has 0 radical (unpaired) electrons.